The van der Waals surface area contributed by atoms with Gasteiger partial charge < -0.3 is 9.80 Å². The lowest BCUT2D eigenvalue weighted by Crippen LogP contribution is -2.46. The molecule has 4 nitrogen and oxygen atoms in total. The van der Waals surface area contributed by atoms with Gasteiger partial charge in [0, 0.05) is 49.8 Å². The zero-order valence-electron chi connectivity index (χ0n) is 10.5. The molecule has 1 aliphatic heterocycles. The van der Waals surface area contributed by atoms with Crippen molar-refractivity contribution in [2.75, 3.05) is 36.0 Å². The largest absolute Gasteiger partial charge is 0.353 e. The van der Waals surface area contributed by atoms with E-state index in [1.54, 1.807) is 11.3 Å². The number of halogens is 1. The maximum atomic E-state index is 5.78. The van der Waals surface area contributed by atoms with E-state index in [0.29, 0.717) is 5.88 Å². The maximum absolute atomic E-state index is 5.78. The molecule has 0 radical (unpaired) electrons. The van der Waals surface area contributed by atoms with E-state index in [1.807, 2.05) is 23.8 Å². The van der Waals surface area contributed by atoms with Crippen molar-refractivity contribution in [2.45, 2.75) is 5.88 Å². The molecule has 0 aromatic carbocycles. The van der Waals surface area contributed by atoms with Gasteiger partial charge in [-0.2, -0.15) is 0 Å². The fraction of sp³-hybridized carbons (Fsp3) is 0.385. The van der Waals surface area contributed by atoms with E-state index in [0.717, 1.165) is 42.7 Å². The molecule has 0 aliphatic carbocycles. The van der Waals surface area contributed by atoms with Gasteiger partial charge in [-0.3, -0.25) is 0 Å². The Bertz CT molecular complexity index is 506. The summed E-state index contributed by atoms with van der Waals surface area (Å²) in [5.41, 5.74) is 1.06. The predicted molar refractivity (Wildman–Crippen MR) is 80.3 cm³/mol. The van der Waals surface area contributed by atoms with Crippen molar-refractivity contribution in [3.63, 3.8) is 0 Å². The first kappa shape index (κ1) is 12.7. The summed E-state index contributed by atoms with van der Waals surface area (Å²) in [6, 6.07) is 4.10. The molecule has 2 aromatic heterocycles. The van der Waals surface area contributed by atoms with Gasteiger partial charge in [-0.15, -0.1) is 22.9 Å². The molecule has 3 rings (SSSR count). The number of nitrogens with zero attached hydrogens (tertiary/aromatic N) is 4. The summed E-state index contributed by atoms with van der Waals surface area (Å²) in [5.74, 6) is 1.55. The first-order chi connectivity index (χ1) is 9.36. The predicted octanol–water partition coefficient (Wildman–Crippen LogP) is 2.60. The zero-order valence-corrected chi connectivity index (χ0v) is 12.1. The maximum Gasteiger partial charge on any atom is 0.185 e. The topological polar surface area (TPSA) is 32.3 Å². The van der Waals surface area contributed by atoms with Gasteiger partial charge in [0.05, 0.1) is 0 Å². The van der Waals surface area contributed by atoms with Crippen LogP contribution < -0.4 is 9.80 Å². The number of pyridine rings is 1. The van der Waals surface area contributed by atoms with Crippen molar-refractivity contribution in [3.05, 3.63) is 35.5 Å². The molecule has 1 saturated heterocycles. The van der Waals surface area contributed by atoms with Gasteiger partial charge in [0.25, 0.3) is 0 Å². The minimum Gasteiger partial charge on any atom is -0.353 e. The number of rotatable bonds is 3. The van der Waals surface area contributed by atoms with E-state index in [9.17, 15) is 0 Å². The molecule has 1 fully saturated rings. The van der Waals surface area contributed by atoms with Crippen LogP contribution in [-0.4, -0.2) is 36.1 Å². The number of thiazole rings is 1. The first-order valence-corrected chi connectivity index (χ1v) is 7.68. The normalized spacial score (nSPS) is 15.8. The SMILES string of the molecule is ClCc1ccc(N2CCN(c3nccs3)CC2)nc1. The highest BCUT2D eigenvalue weighted by Gasteiger charge is 2.19. The van der Waals surface area contributed by atoms with Crippen LogP contribution in [0.4, 0.5) is 10.9 Å². The third kappa shape index (κ3) is 2.82. The Morgan fingerprint density at radius 1 is 1.11 bits per heavy atom. The van der Waals surface area contributed by atoms with Crippen LogP contribution in [0.2, 0.25) is 0 Å². The average Bonchev–Trinajstić information content (AvgIpc) is 3.02. The highest BCUT2D eigenvalue weighted by Crippen LogP contribution is 2.21. The number of piperazine rings is 1. The van der Waals surface area contributed by atoms with Crippen molar-refractivity contribution in [1.29, 1.82) is 0 Å². The van der Waals surface area contributed by atoms with Crippen molar-refractivity contribution in [2.24, 2.45) is 0 Å². The van der Waals surface area contributed by atoms with Gasteiger partial charge in [0.15, 0.2) is 5.13 Å². The molecule has 0 atom stereocenters. The van der Waals surface area contributed by atoms with E-state index < -0.39 is 0 Å². The van der Waals surface area contributed by atoms with Gasteiger partial charge in [0.2, 0.25) is 0 Å². The quantitative estimate of drug-likeness (QED) is 0.815. The summed E-state index contributed by atoms with van der Waals surface area (Å²) in [6.45, 7) is 3.94. The van der Waals surface area contributed by atoms with Crippen molar-refractivity contribution >= 4 is 33.9 Å². The van der Waals surface area contributed by atoms with Crippen LogP contribution in [0.3, 0.4) is 0 Å². The smallest absolute Gasteiger partial charge is 0.185 e. The molecule has 100 valence electrons. The zero-order chi connectivity index (χ0) is 13.1. The lowest BCUT2D eigenvalue weighted by molar-refractivity contribution is 0.646. The third-order valence-electron chi connectivity index (χ3n) is 3.26. The number of alkyl halides is 1. The summed E-state index contributed by atoms with van der Waals surface area (Å²) in [4.78, 5) is 13.5. The molecule has 3 heterocycles. The molecule has 19 heavy (non-hydrogen) atoms. The van der Waals surface area contributed by atoms with Crippen LogP contribution in [0.25, 0.3) is 0 Å². The summed E-state index contributed by atoms with van der Waals surface area (Å²) in [7, 11) is 0. The summed E-state index contributed by atoms with van der Waals surface area (Å²) >= 11 is 7.47. The number of aromatic nitrogens is 2. The standard InChI is InChI=1S/C13H15ClN4S/c14-9-11-1-2-12(16-10-11)17-4-6-18(7-5-17)13-15-3-8-19-13/h1-3,8,10H,4-7,9H2. The van der Waals surface area contributed by atoms with Gasteiger partial charge in [-0.25, -0.2) is 9.97 Å². The van der Waals surface area contributed by atoms with Crippen molar-refractivity contribution in [1.82, 2.24) is 9.97 Å². The fourth-order valence-corrected chi connectivity index (χ4v) is 3.04. The molecular weight excluding hydrogens is 280 g/mol. The van der Waals surface area contributed by atoms with E-state index in [4.69, 9.17) is 11.6 Å². The molecule has 0 unspecified atom stereocenters. The van der Waals surface area contributed by atoms with Crippen LogP contribution in [0.1, 0.15) is 5.56 Å². The fourth-order valence-electron chi connectivity index (χ4n) is 2.18. The van der Waals surface area contributed by atoms with Crippen LogP contribution >= 0.6 is 22.9 Å². The van der Waals surface area contributed by atoms with Gasteiger partial charge in [-0.05, 0) is 11.6 Å². The van der Waals surface area contributed by atoms with Crippen molar-refractivity contribution < 1.29 is 0 Å². The van der Waals surface area contributed by atoms with E-state index in [2.05, 4.69) is 25.8 Å². The number of hydrogen-bond donors (Lipinski definition) is 0. The monoisotopic (exact) mass is 294 g/mol. The average molecular weight is 295 g/mol. The minimum atomic E-state index is 0.519. The van der Waals surface area contributed by atoms with Gasteiger partial charge in [0.1, 0.15) is 5.82 Å². The summed E-state index contributed by atoms with van der Waals surface area (Å²) in [5, 5.41) is 3.14. The second-order valence-corrected chi connectivity index (χ2v) is 5.59. The van der Waals surface area contributed by atoms with E-state index in [1.165, 1.54) is 0 Å². The molecule has 0 bridgehead atoms. The summed E-state index contributed by atoms with van der Waals surface area (Å²) in [6.07, 6.45) is 3.72. The molecule has 6 heteroatoms. The Balaban J connectivity index is 1.63. The second-order valence-electron chi connectivity index (χ2n) is 4.45. The highest BCUT2D eigenvalue weighted by molar-refractivity contribution is 7.13. The Labute approximate surface area is 121 Å². The van der Waals surface area contributed by atoms with Crippen molar-refractivity contribution in [3.8, 4) is 0 Å². The lowest BCUT2D eigenvalue weighted by atomic mass is 10.3. The number of anilines is 2. The minimum absolute atomic E-state index is 0.519. The van der Waals surface area contributed by atoms with Gasteiger partial charge >= 0.3 is 0 Å². The molecule has 0 saturated carbocycles. The summed E-state index contributed by atoms with van der Waals surface area (Å²) < 4.78 is 0. The lowest BCUT2D eigenvalue weighted by Gasteiger charge is -2.35. The van der Waals surface area contributed by atoms with Crippen LogP contribution in [0.15, 0.2) is 29.9 Å². The third-order valence-corrected chi connectivity index (χ3v) is 4.40. The highest BCUT2D eigenvalue weighted by atomic mass is 35.5. The first-order valence-electron chi connectivity index (χ1n) is 6.27. The van der Waals surface area contributed by atoms with Crippen LogP contribution in [-0.2, 0) is 5.88 Å². The van der Waals surface area contributed by atoms with Crippen LogP contribution in [0, 0.1) is 0 Å². The molecular formula is C13H15ClN4S. The Morgan fingerprint density at radius 3 is 2.47 bits per heavy atom. The molecule has 0 amide bonds. The Hall–Kier alpha value is -1.33. The molecule has 1 aliphatic rings. The van der Waals surface area contributed by atoms with Gasteiger partial charge in [-0.1, -0.05) is 6.07 Å². The number of hydrogen-bond acceptors (Lipinski definition) is 5. The molecule has 0 spiro atoms. The Kier molecular flexibility index (Phi) is 3.84. The second kappa shape index (κ2) is 5.75. The van der Waals surface area contributed by atoms with Crippen LogP contribution in [0.5, 0.6) is 0 Å². The Morgan fingerprint density at radius 2 is 1.89 bits per heavy atom. The van der Waals surface area contributed by atoms with E-state index in [-0.39, 0.29) is 0 Å². The molecule has 2 aromatic rings. The van der Waals surface area contributed by atoms with E-state index >= 15 is 0 Å². The molecule has 0 N–H and O–H groups in total.